The van der Waals surface area contributed by atoms with Crippen molar-refractivity contribution in [3.05, 3.63) is 34.8 Å². The lowest BCUT2D eigenvalue weighted by Gasteiger charge is -2.23. The number of thiazole rings is 1. The summed E-state index contributed by atoms with van der Waals surface area (Å²) in [5.41, 5.74) is 0.816. The van der Waals surface area contributed by atoms with Gasteiger partial charge in [0.15, 0.2) is 5.13 Å². The summed E-state index contributed by atoms with van der Waals surface area (Å²) in [6.45, 7) is 0. The number of hydrogen-bond donors (Lipinski definition) is 2. The van der Waals surface area contributed by atoms with Crippen LogP contribution >= 0.6 is 27.3 Å². The summed E-state index contributed by atoms with van der Waals surface area (Å²) in [5, 5.41) is 12.8. The summed E-state index contributed by atoms with van der Waals surface area (Å²) >= 11 is 4.80. The lowest BCUT2D eigenvalue weighted by Crippen LogP contribution is -2.36. The third-order valence-electron chi connectivity index (χ3n) is 4.63. The Morgan fingerprint density at radius 1 is 1.26 bits per heavy atom. The smallest absolute Gasteiger partial charge is 0.307 e. The number of aliphatic carboxylic acids is 1. The van der Waals surface area contributed by atoms with Gasteiger partial charge in [-0.1, -0.05) is 39.4 Å². The number of halogens is 1. The SMILES string of the molecule is O=C(O)[C@@H]1[C@@H](C(=O)Nc2nc3ccc(Br)cc3s2)[C@H]2C=C[C@@H]1C2. The van der Waals surface area contributed by atoms with Crippen molar-refractivity contribution >= 4 is 54.5 Å². The Hall–Kier alpha value is -1.73. The van der Waals surface area contributed by atoms with E-state index in [1.54, 1.807) is 0 Å². The molecule has 1 amide bonds. The monoisotopic (exact) mass is 392 g/mol. The average Bonchev–Trinajstić information content (AvgIpc) is 3.18. The van der Waals surface area contributed by atoms with Crippen LogP contribution in [0.5, 0.6) is 0 Å². The molecule has 118 valence electrons. The number of hydrogen-bond acceptors (Lipinski definition) is 4. The van der Waals surface area contributed by atoms with Crippen molar-refractivity contribution < 1.29 is 14.7 Å². The molecule has 4 atom stereocenters. The van der Waals surface area contributed by atoms with E-state index in [4.69, 9.17) is 0 Å². The summed E-state index contributed by atoms with van der Waals surface area (Å²) in [6.07, 6.45) is 4.66. The molecule has 0 spiro atoms. The number of carboxylic acid groups (broad SMARTS) is 1. The second-order valence-corrected chi connectivity index (χ2v) is 7.90. The number of carboxylic acids is 1. The van der Waals surface area contributed by atoms with Gasteiger partial charge in [0.1, 0.15) is 0 Å². The molecular formula is C16H13BrN2O3S. The fourth-order valence-corrected chi connectivity index (χ4v) is 5.08. The fraction of sp³-hybridized carbons (Fsp3) is 0.312. The molecule has 2 aliphatic carbocycles. The standard InChI is InChI=1S/C16H13BrN2O3S/c17-9-3-4-10-11(6-9)23-16(18-10)19-14(20)12-7-1-2-8(5-7)13(12)15(21)22/h1-4,6-8,12-13H,5H2,(H,21,22)(H,18,19,20)/t7-,8+,12-,13-/m0/s1. The van der Waals surface area contributed by atoms with Gasteiger partial charge in [0.05, 0.1) is 22.1 Å². The molecule has 1 aromatic heterocycles. The largest absolute Gasteiger partial charge is 0.481 e. The number of anilines is 1. The number of carbonyl (C=O) groups is 2. The summed E-state index contributed by atoms with van der Waals surface area (Å²) in [5.74, 6) is -2.29. The molecule has 2 bridgehead atoms. The summed E-state index contributed by atoms with van der Waals surface area (Å²) in [4.78, 5) is 28.5. The van der Waals surface area contributed by atoms with Crippen LogP contribution in [-0.2, 0) is 9.59 Å². The average molecular weight is 393 g/mol. The van der Waals surface area contributed by atoms with Crippen molar-refractivity contribution in [2.45, 2.75) is 6.42 Å². The van der Waals surface area contributed by atoms with Crippen molar-refractivity contribution in [2.24, 2.45) is 23.7 Å². The number of carbonyl (C=O) groups excluding carboxylic acids is 1. The molecule has 2 N–H and O–H groups in total. The highest BCUT2D eigenvalue weighted by Crippen LogP contribution is 2.48. The van der Waals surface area contributed by atoms with E-state index in [1.807, 2.05) is 30.4 Å². The zero-order valence-electron chi connectivity index (χ0n) is 11.9. The Morgan fingerprint density at radius 3 is 2.74 bits per heavy atom. The van der Waals surface area contributed by atoms with E-state index in [9.17, 15) is 14.7 Å². The van der Waals surface area contributed by atoms with Gasteiger partial charge >= 0.3 is 5.97 Å². The molecule has 0 radical (unpaired) electrons. The lowest BCUT2D eigenvalue weighted by atomic mass is 9.82. The zero-order valence-corrected chi connectivity index (χ0v) is 14.3. The van der Waals surface area contributed by atoms with Crippen LogP contribution in [0.1, 0.15) is 6.42 Å². The Bertz CT molecular complexity index is 847. The first-order chi connectivity index (χ1) is 11.0. The molecule has 1 aromatic carbocycles. The van der Waals surface area contributed by atoms with Crippen LogP contribution in [0.4, 0.5) is 5.13 Å². The van der Waals surface area contributed by atoms with Crippen LogP contribution in [0.2, 0.25) is 0 Å². The highest BCUT2D eigenvalue weighted by molar-refractivity contribution is 9.10. The molecular weight excluding hydrogens is 380 g/mol. The molecule has 0 aliphatic heterocycles. The summed E-state index contributed by atoms with van der Waals surface area (Å²) in [7, 11) is 0. The van der Waals surface area contributed by atoms with Crippen molar-refractivity contribution in [2.75, 3.05) is 5.32 Å². The minimum absolute atomic E-state index is 0.0182. The van der Waals surface area contributed by atoms with Crippen molar-refractivity contribution in [3.63, 3.8) is 0 Å². The van der Waals surface area contributed by atoms with Gasteiger partial charge in [-0.3, -0.25) is 9.59 Å². The number of nitrogens with one attached hydrogen (secondary N) is 1. The van der Waals surface area contributed by atoms with Gasteiger partial charge in [0.25, 0.3) is 0 Å². The first-order valence-electron chi connectivity index (χ1n) is 7.31. The van der Waals surface area contributed by atoms with Crippen LogP contribution in [0.15, 0.2) is 34.8 Å². The molecule has 1 saturated carbocycles. The topological polar surface area (TPSA) is 79.3 Å². The summed E-state index contributed by atoms with van der Waals surface area (Å²) in [6, 6.07) is 5.73. The van der Waals surface area contributed by atoms with Crippen LogP contribution in [-0.4, -0.2) is 22.0 Å². The van der Waals surface area contributed by atoms with Crippen molar-refractivity contribution in [3.8, 4) is 0 Å². The first-order valence-corrected chi connectivity index (χ1v) is 8.92. The quantitative estimate of drug-likeness (QED) is 0.783. The van der Waals surface area contributed by atoms with Gasteiger partial charge in [-0.05, 0) is 36.5 Å². The number of rotatable bonds is 3. The Labute approximate surface area is 144 Å². The van der Waals surface area contributed by atoms with Gasteiger partial charge in [-0.2, -0.15) is 0 Å². The number of nitrogens with zero attached hydrogens (tertiary/aromatic N) is 1. The second-order valence-electron chi connectivity index (χ2n) is 5.96. The van der Waals surface area contributed by atoms with E-state index < -0.39 is 17.8 Å². The lowest BCUT2D eigenvalue weighted by molar-refractivity contribution is -0.146. The molecule has 5 nitrogen and oxygen atoms in total. The van der Waals surface area contributed by atoms with E-state index in [-0.39, 0.29) is 17.7 Å². The predicted molar refractivity (Wildman–Crippen MR) is 91.3 cm³/mol. The molecule has 0 saturated heterocycles. The maximum Gasteiger partial charge on any atom is 0.307 e. The maximum atomic E-state index is 12.6. The van der Waals surface area contributed by atoms with E-state index in [0.29, 0.717) is 5.13 Å². The number of amides is 1. The molecule has 1 heterocycles. The van der Waals surface area contributed by atoms with Gasteiger partial charge in [-0.15, -0.1) is 0 Å². The van der Waals surface area contributed by atoms with Crippen molar-refractivity contribution in [1.82, 2.24) is 4.98 Å². The Kier molecular flexibility index (Phi) is 3.50. The number of allylic oxidation sites excluding steroid dienone is 2. The Balaban J connectivity index is 1.59. The van der Waals surface area contributed by atoms with Gasteiger partial charge in [0.2, 0.25) is 5.91 Å². The van der Waals surface area contributed by atoms with Gasteiger partial charge < -0.3 is 10.4 Å². The first kappa shape index (κ1) is 14.8. The normalized spacial score (nSPS) is 28.4. The molecule has 2 aliphatic rings. The van der Waals surface area contributed by atoms with E-state index in [2.05, 4.69) is 26.2 Å². The minimum atomic E-state index is -0.893. The highest BCUT2D eigenvalue weighted by Gasteiger charge is 2.51. The van der Waals surface area contributed by atoms with Crippen molar-refractivity contribution in [1.29, 1.82) is 0 Å². The zero-order chi connectivity index (χ0) is 16.1. The molecule has 0 unspecified atom stereocenters. The third-order valence-corrected chi connectivity index (χ3v) is 6.05. The van der Waals surface area contributed by atoms with E-state index in [1.165, 1.54) is 11.3 Å². The van der Waals surface area contributed by atoms with Crippen LogP contribution < -0.4 is 5.32 Å². The van der Waals surface area contributed by atoms with Crippen LogP contribution in [0.25, 0.3) is 10.2 Å². The predicted octanol–water partition coefficient (Wildman–Crippen LogP) is 3.52. The summed E-state index contributed by atoms with van der Waals surface area (Å²) < 4.78 is 1.92. The number of benzene rings is 1. The molecule has 23 heavy (non-hydrogen) atoms. The van der Waals surface area contributed by atoms with E-state index >= 15 is 0 Å². The van der Waals surface area contributed by atoms with Crippen LogP contribution in [0, 0.1) is 23.7 Å². The second kappa shape index (κ2) is 5.42. The number of aromatic nitrogens is 1. The van der Waals surface area contributed by atoms with Crippen LogP contribution in [0.3, 0.4) is 0 Å². The third kappa shape index (κ3) is 2.48. The van der Waals surface area contributed by atoms with Gasteiger partial charge in [-0.25, -0.2) is 4.98 Å². The Morgan fingerprint density at radius 2 is 2.00 bits per heavy atom. The molecule has 2 aromatic rings. The molecule has 1 fully saturated rings. The van der Waals surface area contributed by atoms with E-state index in [0.717, 1.165) is 21.1 Å². The highest BCUT2D eigenvalue weighted by atomic mass is 79.9. The molecule has 7 heteroatoms. The maximum absolute atomic E-state index is 12.6. The van der Waals surface area contributed by atoms with Gasteiger partial charge in [0, 0.05) is 4.47 Å². The molecule has 4 rings (SSSR count). The number of fused-ring (bicyclic) bond motifs is 3. The fourth-order valence-electron chi connectivity index (χ4n) is 3.66. The minimum Gasteiger partial charge on any atom is -0.481 e.